The summed E-state index contributed by atoms with van der Waals surface area (Å²) in [4.78, 5) is 3.12. The predicted octanol–water partition coefficient (Wildman–Crippen LogP) is 2.06. The molecule has 14 heavy (non-hydrogen) atoms. The number of H-pyrrole nitrogens is 1. The standard InChI is InChI=1S/C11H13NO2/c1-2-14-10-5-3-4-8-6-9(7-13)12-11(8)10/h3-6,12-13H,2,7H2,1H3. The third-order valence-corrected chi connectivity index (χ3v) is 2.14. The lowest BCUT2D eigenvalue weighted by molar-refractivity contribution is 0.278. The summed E-state index contributed by atoms with van der Waals surface area (Å²) in [6.07, 6.45) is 0. The van der Waals surface area contributed by atoms with Gasteiger partial charge < -0.3 is 14.8 Å². The summed E-state index contributed by atoms with van der Waals surface area (Å²) >= 11 is 0. The second kappa shape index (κ2) is 3.72. The fourth-order valence-electron chi connectivity index (χ4n) is 1.55. The minimum Gasteiger partial charge on any atom is -0.492 e. The zero-order valence-corrected chi connectivity index (χ0v) is 8.08. The summed E-state index contributed by atoms with van der Waals surface area (Å²) in [5, 5.41) is 10.1. The van der Waals surface area contributed by atoms with E-state index >= 15 is 0 Å². The number of hydrogen-bond donors (Lipinski definition) is 2. The van der Waals surface area contributed by atoms with Crippen LogP contribution in [-0.2, 0) is 6.61 Å². The number of nitrogens with one attached hydrogen (secondary N) is 1. The average Bonchev–Trinajstić information content (AvgIpc) is 2.62. The maximum atomic E-state index is 8.99. The molecule has 0 aliphatic rings. The van der Waals surface area contributed by atoms with Crippen molar-refractivity contribution in [3.8, 4) is 5.75 Å². The van der Waals surface area contributed by atoms with Crippen molar-refractivity contribution in [2.24, 2.45) is 0 Å². The first-order valence-corrected chi connectivity index (χ1v) is 4.69. The number of benzene rings is 1. The zero-order chi connectivity index (χ0) is 9.97. The van der Waals surface area contributed by atoms with Crippen LogP contribution in [0.5, 0.6) is 5.75 Å². The van der Waals surface area contributed by atoms with Crippen LogP contribution in [0.4, 0.5) is 0 Å². The number of rotatable bonds is 3. The highest BCUT2D eigenvalue weighted by Crippen LogP contribution is 2.25. The SMILES string of the molecule is CCOc1cccc2cc(CO)[nH]c12. The quantitative estimate of drug-likeness (QED) is 0.780. The van der Waals surface area contributed by atoms with Crippen molar-refractivity contribution in [2.75, 3.05) is 6.61 Å². The number of aliphatic hydroxyl groups excluding tert-OH is 1. The van der Waals surface area contributed by atoms with Gasteiger partial charge in [-0.1, -0.05) is 12.1 Å². The minimum absolute atomic E-state index is 0.0280. The predicted molar refractivity (Wildman–Crippen MR) is 55.4 cm³/mol. The molecule has 0 saturated heterocycles. The largest absolute Gasteiger partial charge is 0.492 e. The number of para-hydroxylation sites is 1. The second-order valence-electron chi connectivity index (χ2n) is 3.11. The molecule has 0 bridgehead atoms. The van der Waals surface area contributed by atoms with Crippen molar-refractivity contribution >= 4 is 10.9 Å². The summed E-state index contributed by atoms with van der Waals surface area (Å²) in [6, 6.07) is 7.79. The van der Waals surface area contributed by atoms with E-state index < -0.39 is 0 Å². The smallest absolute Gasteiger partial charge is 0.143 e. The highest BCUT2D eigenvalue weighted by atomic mass is 16.5. The van der Waals surface area contributed by atoms with Crippen molar-refractivity contribution in [2.45, 2.75) is 13.5 Å². The van der Waals surface area contributed by atoms with Gasteiger partial charge in [0.15, 0.2) is 0 Å². The van der Waals surface area contributed by atoms with Crippen molar-refractivity contribution in [1.82, 2.24) is 4.98 Å². The van der Waals surface area contributed by atoms with Crippen LogP contribution < -0.4 is 4.74 Å². The normalized spacial score (nSPS) is 10.7. The summed E-state index contributed by atoms with van der Waals surface area (Å²) in [5.41, 5.74) is 1.77. The summed E-state index contributed by atoms with van der Waals surface area (Å²) < 4.78 is 5.46. The molecule has 2 N–H and O–H groups in total. The zero-order valence-electron chi connectivity index (χ0n) is 8.08. The van der Waals surface area contributed by atoms with Crippen molar-refractivity contribution in [3.05, 3.63) is 30.0 Å². The maximum Gasteiger partial charge on any atom is 0.143 e. The molecule has 2 aromatic rings. The lowest BCUT2D eigenvalue weighted by Crippen LogP contribution is -1.91. The van der Waals surface area contributed by atoms with Gasteiger partial charge in [-0.2, -0.15) is 0 Å². The van der Waals surface area contributed by atoms with E-state index in [0.29, 0.717) is 6.61 Å². The Morgan fingerprint density at radius 2 is 2.29 bits per heavy atom. The number of aliphatic hydroxyl groups is 1. The fraction of sp³-hybridized carbons (Fsp3) is 0.273. The van der Waals surface area contributed by atoms with Crippen LogP contribution in [0.3, 0.4) is 0 Å². The van der Waals surface area contributed by atoms with Gasteiger partial charge in [0.1, 0.15) is 5.75 Å². The Labute approximate surface area is 82.3 Å². The molecule has 0 amide bonds. The molecule has 0 fully saturated rings. The van der Waals surface area contributed by atoms with E-state index in [0.717, 1.165) is 22.3 Å². The average molecular weight is 191 g/mol. The first-order chi connectivity index (χ1) is 6.85. The van der Waals surface area contributed by atoms with Gasteiger partial charge in [0.2, 0.25) is 0 Å². The van der Waals surface area contributed by atoms with Crippen LogP contribution in [0.25, 0.3) is 10.9 Å². The van der Waals surface area contributed by atoms with Crippen molar-refractivity contribution < 1.29 is 9.84 Å². The minimum atomic E-state index is 0.0280. The lowest BCUT2D eigenvalue weighted by atomic mass is 10.2. The molecular formula is C11H13NO2. The topological polar surface area (TPSA) is 45.2 Å². The van der Waals surface area contributed by atoms with Crippen LogP contribution in [0, 0.1) is 0 Å². The Hall–Kier alpha value is -1.48. The first kappa shape index (κ1) is 9.09. The molecule has 1 aromatic carbocycles. The van der Waals surface area contributed by atoms with Crippen LogP contribution in [-0.4, -0.2) is 16.7 Å². The molecule has 3 heteroatoms. The number of aromatic nitrogens is 1. The Morgan fingerprint density at radius 1 is 1.43 bits per heavy atom. The number of fused-ring (bicyclic) bond motifs is 1. The first-order valence-electron chi connectivity index (χ1n) is 4.69. The van der Waals surface area contributed by atoms with E-state index in [1.165, 1.54) is 0 Å². The molecule has 0 radical (unpaired) electrons. The molecule has 0 aliphatic carbocycles. The molecule has 0 aliphatic heterocycles. The third-order valence-electron chi connectivity index (χ3n) is 2.14. The van der Waals surface area contributed by atoms with E-state index in [1.807, 2.05) is 31.2 Å². The molecule has 0 unspecified atom stereocenters. The van der Waals surface area contributed by atoms with Crippen molar-refractivity contribution in [3.63, 3.8) is 0 Å². The van der Waals surface area contributed by atoms with Crippen LogP contribution >= 0.6 is 0 Å². The third kappa shape index (κ3) is 1.46. The Kier molecular flexibility index (Phi) is 2.41. The van der Waals surface area contributed by atoms with E-state index in [2.05, 4.69) is 4.98 Å². The van der Waals surface area contributed by atoms with E-state index in [1.54, 1.807) is 0 Å². The van der Waals surface area contributed by atoms with E-state index in [-0.39, 0.29) is 6.61 Å². The molecule has 1 heterocycles. The molecule has 2 rings (SSSR count). The molecule has 74 valence electrons. The van der Waals surface area contributed by atoms with Gasteiger partial charge in [-0.05, 0) is 19.1 Å². The maximum absolute atomic E-state index is 8.99. The van der Waals surface area contributed by atoms with E-state index in [9.17, 15) is 0 Å². The van der Waals surface area contributed by atoms with Crippen LogP contribution in [0.15, 0.2) is 24.3 Å². The Bertz CT molecular complexity index is 434. The molecule has 0 atom stereocenters. The van der Waals surface area contributed by atoms with Gasteiger partial charge in [-0.15, -0.1) is 0 Å². The van der Waals surface area contributed by atoms with Crippen LogP contribution in [0.2, 0.25) is 0 Å². The monoisotopic (exact) mass is 191 g/mol. The lowest BCUT2D eigenvalue weighted by Gasteiger charge is -2.03. The highest BCUT2D eigenvalue weighted by molar-refractivity contribution is 5.86. The molecular weight excluding hydrogens is 178 g/mol. The van der Waals surface area contributed by atoms with Gasteiger partial charge >= 0.3 is 0 Å². The summed E-state index contributed by atoms with van der Waals surface area (Å²) in [6.45, 7) is 2.63. The Morgan fingerprint density at radius 3 is 3.00 bits per heavy atom. The van der Waals surface area contributed by atoms with Gasteiger partial charge in [0.05, 0.1) is 18.7 Å². The molecule has 0 spiro atoms. The van der Waals surface area contributed by atoms with Crippen molar-refractivity contribution in [1.29, 1.82) is 0 Å². The number of hydrogen-bond acceptors (Lipinski definition) is 2. The molecule has 0 saturated carbocycles. The van der Waals surface area contributed by atoms with Gasteiger partial charge in [-0.25, -0.2) is 0 Å². The van der Waals surface area contributed by atoms with E-state index in [4.69, 9.17) is 9.84 Å². The molecule has 1 aromatic heterocycles. The molecule has 3 nitrogen and oxygen atoms in total. The van der Waals surface area contributed by atoms with Gasteiger partial charge in [0, 0.05) is 11.1 Å². The van der Waals surface area contributed by atoms with Crippen LogP contribution in [0.1, 0.15) is 12.6 Å². The Balaban J connectivity index is 2.55. The summed E-state index contributed by atoms with van der Waals surface area (Å²) in [5.74, 6) is 0.838. The number of aromatic amines is 1. The fourth-order valence-corrected chi connectivity index (χ4v) is 1.55. The van der Waals surface area contributed by atoms with Gasteiger partial charge in [-0.3, -0.25) is 0 Å². The number of ether oxygens (including phenoxy) is 1. The highest BCUT2D eigenvalue weighted by Gasteiger charge is 2.04. The summed E-state index contributed by atoms with van der Waals surface area (Å²) in [7, 11) is 0. The second-order valence-corrected chi connectivity index (χ2v) is 3.11. The van der Waals surface area contributed by atoms with Gasteiger partial charge in [0.25, 0.3) is 0 Å².